The molecule has 0 aliphatic heterocycles. The molecule has 0 saturated heterocycles. The van der Waals surface area contributed by atoms with Crippen LogP contribution in [0.15, 0.2) is 6.07 Å². The minimum Gasteiger partial charge on any atom is -0.480 e. The first kappa shape index (κ1) is 8.97. The summed E-state index contributed by atoms with van der Waals surface area (Å²) in [7, 11) is 1.63. The molecule has 0 aromatic carbocycles. The maximum absolute atomic E-state index is 6.08. The van der Waals surface area contributed by atoms with Crippen molar-refractivity contribution in [1.29, 1.82) is 0 Å². The molecule has 1 aliphatic rings. The minimum atomic E-state index is 0.176. The molecule has 1 aromatic rings. The third-order valence-electron chi connectivity index (χ3n) is 2.70. The van der Waals surface area contributed by atoms with Gasteiger partial charge in [0, 0.05) is 17.0 Å². The summed E-state index contributed by atoms with van der Waals surface area (Å²) >= 11 is 1.46. The smallest absolute Gasteiger partial charge is 0.225 e. The lowest BCUT2D eigenvalue weighted by Crippen LogP contribution is -2.25. The topological polar surface area (TPSA) is 48.1 Å². The van der Waals surface area contributed by atoms with Crippen molar-refractivity contribution >= 4 is 11.5 Å². The largest absolute Gasteiger partial charge is 0.480 e. The number of methoxy groups -OCH3 is 1. The zero-order chi connectivity index (χ0) is 9.26. The molecule has 1 saturated carbocycles. The molecule has 0 amide bonds. The third-order valence-corrected chi connectivity index (χ3v) is 3.57. The van der Waals surface area contributed by atoms with Gasteiger partial charge >= 0.3 is 0 Å². The fourth-order valence-corrected chi connectivity index (χ4v) is 2.35. The van der Waals surface area contributed by atoms with E-state index in [1.165, 1.54) is 30.8 Å². The van der Waals surface area contributed by atoms with Gasteiger partial charge in [0.25, 0.3) is 0 Å². The van der Waals surface area contributed by atoms with Gasteiger partial charge < -0.3 is 10.5 Å². The van der Waals surface area contributed by atoms with E-state index in [0.29, 0.717) is 11.8 Å². The molecule has 1 aromatic heterocycles. The highest BCUT2D eigenvalue weighted by Gasteiger charge is 2.26. The van der Waals surface area contributed by atoms with Crippen molar-refractivity contribution in [2.75, 3.05) is 7.11 Å². The van der Waals surface area contributed by atoms with Crippen LogP contribution in [0.1, 0.15) is 30.2 Å². The number of rotatable bonds is 3. The van der Waals surface area contributed by atoms with Crippen LogP contribution in [0.5, 0.6) is 5.88 Å². The Bertz CT molecular complexity index is 283. The molecule has 0 spiro atoms. The number of nitrogens with zero attached hydrogens (tertiary/aromatic N) is 1. The van der Waals surface area contributed by atoms with E-state index < -0.39 is 0 Å². The second-order valence-corrected chi connectivity index (χ2v) is 4.32. The van der Waals surface area contributed by atoms with Gasteiger partial charge in [-0.05, 0) is 30.3 Å². The van der Waals surface area contributed by atoms with E-state index >= 15 is 0 Å². The van der Waals surface area contributed by atoms with Crippen molar-refractivity contribution in [1.82, 2.24) is 4.37 Å². The Hall–Kier alpha value is -0.610. The summed E-state index contributed by atoms with van der Waals surface area (Å²) in [5, 5.41) is 0. The minimum absolute atomic E-state index is 0.176. The van der Waals surface area contributed by atoms with Gasteiger partial charge in [-0.15, -0.1) is 0 Å². The first-order chi connectivity index (χ1) is 6.31. The monoisotopic (exact) mass is 198 g/mol. The summed E-state index contributed by atoms with van der Waals surface area (Å²) in [6.07, 6.45) is 3.86. The normalized spacial score (nSPS) is 19.5. The molecule has 4 heteroatoms. The number of aromatic nitrogens is 1. The molecular formula is C9H14N2OS. The van der Waals surface area contributed by atoms with E-state index in [9.17, 15) is 0 Å². The van der Waals surface area contributed by atoms with E-state index in [1.54, 1.807) is 7.11 Å². The summed E-state index contributed by atoms with van der Waals surface area (Å²) in [5.74, 6) is 1.36. The summed E-state index contributed by atoms with van der Waals surface area (Å²) in [5.41, 5.74) is 6.08. The second-order valence-electron chi connectivity index (χ2n) is 3.49. The molecule has 3 nitrogen and oxygen atoms in total. The summed E-state index contributed by atoms with van der Waals surface area (Å²) < 4.78 is 9.16. The van der Waals surface area contributed by atoms with E-state index in [2.05, 4.69) is 4.37 Å². The zero-order valence-electron chi connectivity index (χ0n) is 7.69. The fourth-order valence-electron chi connectivity index (χ4n) is 1.56. The van der Waals surface area contributed by atoms with E-state index in [1.807, 2.05) is 6.07 Å². The van der Waals surface area contributed by atoms with Crippen LogP contribution in [0.25, 0.3) is 0 Å². The summed E-state index contributed by atoms with van der Waals surface area (Å²) in [6, 6.07) is 2.13. The first-order valence-electron chi connectivity index (χ1n) is 4.57. The van der Waals surface area contributed by atoms with Gasteiger partial charge in [0.15, 0.2) is 0 Å². The Labute approximate surface area is 82.1 Å². The SMILES string of the molecule is COc1cc(C(N)C2CCC2)sn1. The van der Waals surface area contributed by atoms with Crippen LogP contribution < -0.4 is 10.5 Å². The molecule has 1 atom stereocenters. The van der Waals surface area contributed by atoms with Crippen molar-refractivity contribution in [3.8, 4) is 5.88 Å². The van der Waals surface area contributed by atoms with Crippen molar-refractivity contribution in [2.45, 2.75) is 25.3 Å². The Kier molecular flexibility index (Phi) is 2.51. The molecule has 1 heterocycles. The maximum Gasteiger partial charge on any atom is 0.225 e. The lowest BCUT2D eigenvalue weighted by Gasteiger charge is -2.30. The Morgan fingerprint density at radius 3 is 2.92 bits per heavy atom. The second kappa shape index (κ2) is 3.64. The molecule has 2 N–H and O–H groups in total. The van der Waals surface area contributed by atoms with Crippen LogP contribution in [0.3, 0.4) is 0 Å². The zero-order valence-corrected chi connectivity index (χ0v) is 8.51. The lowest BCUT2D eigenvalue weighted by molar-refractivity contribution is 0.266. The van der Waals surface area contributed by atoms with Crippen molar-refractivity contribution in [2.24, 2.45) is 11.7 Å². The Morgan fingerprint density at radius 2 is 2.46 bits per heavy atom. The molecule has 0 bridgehead atoms. The first-order valence-corrected chi connectivity index (χ1v) is 5.35. The summed E-state index contributed by atoms with van der Waals surface area (Å²) in [4.78, 5) is 1.15. The van der Waals surface area contributed by atoms with Gasteiger partial charge in [-0.3, -0.25) is 0 Å². The van der Waals surface area contributed by atoms with Crippen molar-refractivity contribution in [3.63, 3.8) is 0 Å². The van der Waals surface area contributed by atoms with Gasteiger partial charge in [-0.25, -0.2) is 0 Å². The Morgan fingerprint density at radius 1 is 1.69 bits per heavy atom. The van der Waals surface area contributed by atoms with Gasteiger partial charge in [-0.1, -0.05) is 6.42 Å². The Balaban J connectivity index is 2.05. The maximum atomic E-state index is 6.08. The quantitative estimate of drug-likeness (QED) is 0.807. The lowest BCUT2D eigenvalue weighted by atomic mass is 9.79. The number of hydrogen-bond acceptors (Lipinski definition) is 4. The highest BCUT2D eigenvalue weighted by molar-refractivity contribution is 7.06. The highest BCUT2D eigenvalue weighted by Crippen LogP contribution is 2.38. The van der Waals surface area contributed by atoms with Crippen LogP contribution >= 0.6 is 11.5 Å². The number of hydrogen-bond donors (Lipinski definition) is 1. The third kappa shape index (κ3) is 1.69. The molecule has 13 heavy (non-hydrogen) atoms. The van der Waals surface area contributed by atoms with Gasteiger partial charge in [-0.2, -0.15) is 4.37 Å². The predicted molar refractivity (Wildman–Crippen MR) is 52.9 cm³/mol. The summed E-state index contributed by atoms with van der Waals surface area (Å²) in [6.45, 7) is 0. The van der Waals surface area contributed by atoms with Gasteiger partial charge in [0.2, 0.25) is 5.88 Å². The number of ether oxygens (including phenoxy) is 1. The van der Waals surface area contributed by atoms with Crippen LogP contribution in [-0.2, 0) is 0 Å². The molecule has 1 aliphatic carbocycles. The van der Waals surface area contributed by atoms with Crippen LogP contribution in [0.4, 0.5) is 0 Å². The predicted octanol–water partition coefficient (Wildman–Crippen LogP) is 1.95. The molecule has 72 valence electrons. The van der Waals surface area contributed by atoms with Gasteiger partial charge in [0.1, 0.15) is 0 Å². The molecule has 1 unspecified atom stereocenters. The molecule has 1 fully saturated rings. The average molecular weight is 198 g/mol. The van der Waals surface area contributed by atoms with Crippen LogP contribution in [-0.4, -0.2) is 11.5 Å². The van der Waals surface area contributed by atoms with Crippen LogP contribution in [0, 0.1) is 5.92 Å². The van der Waals surface area contributed by atoms with Crippen molar-refractivity contribution in [3.05, 3.63) is 10.9 Å². The average Bonchev–Trinajstić information content (AvgIpc) is 2.48. The van der Waals surface area contributed by atoms with E-state index in [4.69, 9.17) is 10.5 Å². The van der Waals surface area contributed by atoms with Crippen LogP contribution in [0.2, 0.25) is 0 Å². The molecule has 0 radical (unpaired) electrons. The fraction of sp³-hybridized carbons (Fsp3) is 0.667. The van der Waals surface area contributed by atoms with Crippen molar-refractivity contribution < 1.29 is 4.74 Å². The van der Waals surface area contributed by atoms with E-state index in [0.717, 1.165) is 4.88 Å². The number of nitrogens with two attached hydrogens (primary N) is 1. The molecular weight excluding hydrogens is 184 g/mol. The van der Waals surface area contributed by atoms with E-state index in [-0.39, 0.29) is 6.04 Å². The van der Waals surface area contributed by atoms with Gasteiger partial charge in [0.05, 0.1) is 7.11 Å². The standard InChI is InChI=1S/C9H14N2OS/c1-12-8-5-7(13-11-8)9(10)6-3-2-4-6/h5-6,9H,2-4,10H2,1H3. The highest BCUT2D eigenvalue weighted by atomic mass is 32.1. The molecule has 2 rings (SSSR count).